The Bertz CT molecular complexity index is 933. The van der Waals surface area contributed by atoms with Gasteiger partial charge in [0.2, 0.25) is 0 Å². The van der Waals surface area contributed by atoms with Crippen molar-refractivity contribution >= 4 is 17.2 Å². The van der Waals surface area contributed by atoms with E-state index in [0.29, 0.717) is 18.4 Å². The van der Waals surface area contributed by atoms with E-state index < -0.39 is 0 Å². The summed E-state index contributed by atoms with van der Waals surface area (Å²) in [6.45, 7) is 5.99. The molecule has 4 aliphatic rings. The molecule has 0 aromatic carbocycles. The number of hydrogen-bond acceptors (Lipinski definition) is 7. The fraction of sp³-hybridized carbons (Fsp3) is 0.565. The molecule has 7 heteroatoms. The van der Waals surface area contributed by atoms with E-state index in [2.05, 4.69) is 32.7 Å². The highest BCUT2D eigenvalue weighted by Gasteiger charge is 2.33. The average molecular weight is 408 g/mol. The largest absolute Gasteiger partial charge is 0.485 e. The lowest BCUT2D eigenvalue weighted by Crippen LogP contribution is -2.37. The predicted molar refractivity (Wildman–Crippen MR) is 116 cm³/mol. The molecule has 158 valence electrons. The molecule has 3 aliphatic heterocycles. The molecule has 2 aromatic heterocycles. The summed E-state index contributed by atoms with van der Waals surface area (Å²) >= 11 is 0. The molecule has 3 fully saturated rings. The minimum absolute atomic E-state index is 0.518. The van der Waals surface area contributed by atoms with Crippen LogP contribution in [-0.2, 0) is 11.3 Å². The first kappa shape index (κ1) is 18.4. The highest BCUT2D eigenvalue weighted by atomic mass is 16.5. The Balaban J connectivity index is 1.38. The second-order valence-corrected chi connectivity index (χ2v) is 8.78. The first-order valence-electron chi connectivity index (χ1n) is 11.3. The molecule has 30 heavy (non-hydrogen) atoms. The van der Waals surface area contributed by atoms with Gasteiger partial charge >= 0.3 is 0 Å². The summed E-state index contributed by atoms with van der Waals surface area (Å²) < 4.78 is 12.0. The molecule has 0 spiro atoms. The number of rotatable bonds is 3. The van der Waals surface area contributed by atoms with Gasteiger partial charge in [-0.3, -0.25) is 4.98 Å². The Morgan fingerprint density at radius 2 is 1.87 bits per heavy atom. The van der Waals surface area contributed by atoms with Crippen molar-refractivity contribution in [3.05, 3.63) is 35.3 Å². The molecule has 0 amide bonds. The van der Waals surface area contributed by atoms with Gasteiger partial charge in [-0.1, -0.05) is 0 Å². The molecule has 6 rings (SSSR count). The van der Waals surface area contributed by atoms with Gasteiger partial charge in [-0.15, -0.1) is 0 Å². The van der Waals surface area contributed by atoms with E-state index in [9.17, 15) is 0 Å². The minimum atomic E-state index is 0.518. The number of fused-ring (bicyclic) bond motifs is 2. The Kier molecular flexibility index (Phi) is 4.72. The van der Waals surface area contributed by atoms with Crippen LogP contribution in [0.3, 0.4) is 0 Å². The van der Waals surface area contributed by atoms with Crippen molar-refractivity contribution in [3.63, 3.8) is 0 Å². The van der Waals surface area contributed by atoms with Crippen LogP contribution in [0.5, 0.6) is 5.75 Å². The summed E-state index contributed by atoms with van der Waals surface area (Å²) in [4.78, 5) is 12.2. The quantitative estimate of drug-likeness (QED) is 0.809. The summed E-state index contributed by atoms with van der Waals surface area (Å²) in [6, 6.07) is 4.32. The zero-order chi connectivity index (χ0) is 19.9. The van der Waals surface area contributed by atoms with Crippen molar-refractivity contribution in [1.29, 1.82) is 0 Å². The maximum Gasteiger partial charge on any atom is 0.165 e. The molecule has 0 bridgehead atoms. The third kappa shape index (κ3) is 3.40. The van der Waals surface area contributed by atoms with Gasteiger partial charge in [0.1, 0.15) is 12.4 Å². The van der Waals surface area contributed by atoms with Crippen molar-refractivity contribution in [2.24, 2.45) is 0 Å². The molecule has 1 aliphatic carbocycles. The Hall–Kier alpha value is -2.38. The van der Waals surface area contributed by atoms with Gasteiger partial charge in [-0.25, -0.2) is 4.98 Å². The molecule has 2 aromatic rings. The highest BCUT2D eigenvalue weighted by molar-refractivity contribution is 5.74. The van der Waals surface area contributed by atoms with Crippen LogP contribution in [0, 0.1) is 0 Å². The van der Waals surface area contributed by atoms with Crippen LogP contribution < -0.4 is 20.3 Å². The second kappa shape index (κ2) is 7.71. The number of pyridine rings is 2. The minimum Gasteiger partial charge on any atom is -0.485 e. The summed E-state index contributed by atoms with van der Waals surface area (Å²) in [5.41, 5.74) is 5.71. The van der Waals surface area contributed by atoms with Crippen LogP contribution >= 0.6 is 0 Å². The standard InChI is InChI=1S/C23H29N5O2/c1-2-16(1)21-22-19(13-18(26-21)15-3-6-24-7-4-15)27-23-17(14-30-22)20(5-8-25-23)28-9-11-29-12-10-28/h5,8,13,15-16,24H,1-4,6-7,9-12,14H2,(H,25,27). The van der Waals surface area contributed by atoms with Crippen molar-refractivity contribution in [3.8, 4) is 5.75 Å². The lowest BCUT2D eigenvalue weighted by Gasteiger charge is -2.30. The lowest BCUT2D eigenvalue weighted by molar-refractivity contribution is 0.122. The molecular formula is C23H29N5O2. The van der Waals surface area contributed by atoms with Gasteiger partial charge < -0.3 is 25.0 Å². The number of piperidine rings is 1. The number of nitrogens with one attached hydrogen (secondary N) is 2. The van der Waals surface area contributed by atoms with Crippen molar-refractivity contribution in [2.75, 3.05) is 49.6 Å². The van der Waals surface area contributed by atoms with Crippen LogP contribution in [-0.4, -0.2) is 49.4 Å². The topological polar surface area (TPSA) is 71.5 Å². The van der Waals surface area contributed by atoms with Crippen LogP contribution in [0.25, 0.3) is 0 Å². The maximum absolute atomic E-state index is 6.45. The zero-order valence-electron chi connectivity index (χ0n) is 17.3. The zero-order valence-corrected chi connectivity index (χ0v) is 17.3. The monoisotopic (exact) mass is 407 g/mol. The molecule has 1 saturated carbocycles. The van der Waals surface area contributed by atoms with E-state index in [1.165, 1.54) is 24.2 Å². The first-order valence-corrected chi connectivity index (χ1v) is 11.3. The highest BCUT2D eigenvalue weighted by Crippen LogP contribution is 2.49. The Morgan fingerprint density at radius 3 is 2.67 bits per heavy atom. The van der Waals surface area contributed by atoms with Crippen LogP contribution in [0.2, 0.25) is 0 Å². The van der Waals surface area contributed by atoms with Crippen molar-refractivity contribution < 1.29 is 9.47 Å². The fourth-order valence-electron chi connectivity index (χ4n) is 4.88. The van der Waals surface area contributed by atoms with E-state index in [0.717, 1.165) is 80.7 Å². The normalized spacial score (nSPS) is 21.8. The summed E-state index contributed by atoms with van der Waals surface area (Å²) in [6.07, 6.45) is 6.61. The van der Waals surface area contributed by atoms with Crippen molar-refractivity contribution in [2.45, 2.75) is 44.1 Å². The number of ether oxygens (including phenoxy) is 2. The van der Waals surface area contributed by atoms with Gasteiger partial charge in [0.15, 0.2) is 5.75 Å². The summed E-state index contributed by atoms with van der Waals surface area (Å²) in [5, 5.41) is 7.10. The molecule has 2 saturated heterocycles. The van der Waals surface area contributed by atoms with Crippen LogP contribution in [0.4, 0.5) is 17.2 Å². The number of aromatic nitrogens is 2. The number of morpholine rings is 1. The smallest absolute Gasteiger partial charge is 0.165 e. The van der Waals surface area contributed by atoms with Gasteiger partial charge in [0.05, 0.1) is 30.2 Å². The summed E-state index contributed by atoms with van der Waals surface area (Å²) in [7, 11) is 0. The van der Waals surface area contributed by atoms with Gasteiger partial charge in [-0.2, -0.15) is 0 Å². The van der Waals surface area contributed by atoms with Crippen molar-refractivity contribution in [1.82, 2.24) is 15.3 Å². The molecular weight excluding hydrogens is 378 g/mol. The number of nitrogens with zero attached hydrogens (tertiary/aromatic N) is 3. The van der Waals surface area contributed by atoms with E-state index in [-0.39, 0.29) is 0 Å². The predicted octanol–water partition coefficient (Wildman–Crippen LogP) is 3.29. The van der Waals surface area contributed by atoms with Crippen LogP contribution in [0.15, 0.2) is 18.3 Å². The first-order chi connectivity index (χ1) is 14.9. The summed E-state index contributed by atoms with van der Waals surface area (Å²) in [5.74, 6) is 2.89. The van der Waals surface area contributed by atoms with Gasteiger partial charge in [-0.05, 0) is 50.9 Å². The second-order valence-electron chi connectivity index (χ2n) is 8.78. The third-order valence-electron chi connectivity index (χ3n) is 6.74. The Morgan fingerprint density at radius 1 is 1.03 bits per heavy atom. The molecule has 5 heterocycles. The lowest BCUT2D eigenvalue weighted by atomic mass is 9.93. The number of hydrogen-bond donors (Lipinski definition) is 2. The molecule has 7 nitrogen and oxygen atoms in total. The fourth-order valence-corrected chi connectivity index (χ4v) is 4.88. The third-order valence-corrected chi connectivity index (χ3v) is 6.74. The van der Waals surface area contributed by atoms with E-state index in [4.69, 9.17) is 14.5 Å². The van der Waals surface area contributed by atoms with E-state index >= 15 is 0 Å². The van der Waals surface area contributed by atoms with Gasteiger partial charge in [0, 0.05) is 42.5 Å². The number of anilines is 3. The van der Waals surface area contributed by atoms with E-state index in [1.54, 1.807) is 0 Å². The molecule has 0 unspecified atom stereocenters. The molecule has 0 atom stereocenters. The van der Waals surface area contributed by atoms with Crippen LogP contribution in [0.1, 0.15) is 54.5 Å². The maximum atomic E-state index is 6.45. The van der Waals surface area contributed by atoms with Gasteiger partial charge in [0.25, 0.3) is 0 Å². The van der Waals surface area contributed by atoms with E-state index in [1.807, 2.05) is 6.20 Å². The molecule has 2 N–H and O–H groups in total. The Labute approximate surface area is 177 Å². The average Bonchev–Trinajstić information content (AvgIpc) is 3.66. The molecule has 0 radical (unpaired) electrons. The SMILES string of the molecule is c1cc(N2CCOCC2)c2c(n1)Nc1cc(C3CCNCC3)nc(C3CC3)c1OC2.